The van der Waals surface area contributed by atoms with Crippen molar-refractivity contribution in [1.29, 1.82) is 0 Å². The van der Waals surface area contributed by atoms with Crippen molar-refractivity contribution in [3.8, 4) is 0 Å². The number of aliphatic carboxylic acids is 1. The third-order valence-electron chi connectivity index (χ3n) is 2.14. The second-order valence-electron chi connectivity index (χ2n) is 3.50. The maximum atomic E-state index is 11.1. The minimum Gasteiger partial charge on any atom is -0.477 e. The molecule has 6 heteroatoms. The molecule has 1 aromatic rings. The van der Waals surface area contributed by atoms with Crippen LogP contribution < -0.4 is 4.48 Å². The van der Waals surface area contributed by atoms with Crippen molar-refractivity contribution < 1.29 is 14.7 Å². The predicted molar refractivity (Wildman–Crippen MR) is 62.7 cm³/mol. The predicted octanol–water partition coefficient (Wildman–Crippen LogP) is 2.17. The number of benzene rings is 1. The molecule has 1 unspecified atom stereocenters. The molecule has 0 aliphatic heterocycles. The standard InChI is InChI=1S/C10H9Cl2NO3/c1-13(6-14,5-9(15)16)10-7(11)3-2-4-8(10)12/h2-4,6H,5H2,1H3/p+1. The molecular weight excluding hydrogens is 253 g/mol. The van der Waals surface area contributed by atoms with Gasteiger partial charge in [0.1, 0.15) is 10.0 Å². The number of quaternary nitrogens is 1. The van der Waals surface area contributed by atoms with E-state index in [1.165, 1.54) is 7.05 Å². The van der Waals surface area contributed by atoms with Crippen LogP contribution in [-0.2, 0) is 9.59 Å². The van der Waals surface area contributed by atoms with Crippen molar-refractivity contribution in [2.75, 3.05) is 13.6 Å². The quantitative estimate of drug-likeness (QED) is 0.669. The Hall–Kier alpha value is -1.10. The first-order chi connectivity index (χ1) is 7.40. The first-order valence-corrected chi connectivity index (χ1v) is 5.14. The van der Waals surface area contributed by atoms with Crippen molar-refractivity contribution in [2.45, 2.75) is 0 Å². The number of carbonyl (C=O) groups is 2. The van der Waals surface area contributed by atoms with Crippen LogP contribution in [0.15, 0.2) is 18.2 Å². The third-order valence-corrected chi connectivity index (χ3v) is 2.75. The first-order valence-electron chi connectivity index (χ1n) is 4.38. The van der Waals surface area contributed by atoms with Gasteiger partial charge in [0.05, 0.1) is 7.05 Å². The van der Waals surface area contributed by atoms with Gasteiger partial charge in [-0.25, -0.2) is 14.1 Å². The fourth-order valence-corrected chi connectivity index (χ4v) is 2.21. The van der Waals surface area contributed by atoms with Crippen LogP contribution in [0.4, 0.5) is 5.69 Å². The minimum absolute atomic E-state index is 0.267. The van der Waals surface area contributed by atoms with Gasteiger partial charge >= 0.3 is 12.4 Å². The van der Waals surface area contributed by atoms with Crippen LogP contribution in [-0.4, -0.2) is 31.1 Å². The van der Waals surface area contributed by atoms with Crippen molar-refractivity contribution in [3.05, 3.63) is 28.2 Å². The molecule has 0 saturated heterocycles. The molecule has 0 aliphatic rings. The number of hydrogen-bond acceptors (Lipinski definition) is 2. The first kappa shape index (κ1) is 13.0. The largest absolute Gasteiger partial charge is 0.477 e. The third kappa shape index (κ3) is 2.52. The Labute approximate surface area is 103 Å². The van der Waals surface area contributed by atoms with E-state index in [0.29, 0.717) is 12.1 Å². The molecule has 1 N–H and O–H groups in total. The highest BCUT2D eigenvalue weighted by Crippen LogP contribution is 2.36. The minimum atomic E-state index is -1.11. The second kappa shape index (κ2) is 4.82. The summed E-state index contributed by atoms with van der Waals surface area (Å²) >= 11 is 11.8. The van der Waals surface area contributed by atoms with E-state index < -0.39 is 17.0 Å². The van der Waals surface area contributed by atoms with E-state index in [-0.39, 0.29) is 10.0 Å². The molecule has 16 heavy (non-hydrogen) atoms. The van der Waals surface area contributed by atoms with Crippen LogP contribution in [0.1, 0.15) is 0 Å². The summed E-state index contributed by atoms with van der Waals surface area (Å²) in [5, 5.41) is 9.30. The lowest BCUT2D eigenvalue weighted by Crippen LogP contribution is -2.48. The summed E-state index contributed by atoms with van der Waals surface area (Å²) in [4.78, 5) is 21.8. The average molecular weight is 263 g/mol. The van der Waals surface area contributed by atoms with Gasteiger partial charge < -0.3 is 5.11 Å². The molecule has 0 heterocycles. The molecule has 0 spiro atoms. The Morgan fingerprint density at radius 3 is 2.31 bits per heavy atom. The number of carbonyl (C=O) groups excluding carboxylic acids is 1. The molecule has 0 aliphatic carbocycles. The van der Waals surface area contributed by atoms with Crippen molar-refractivity contribution >= 4 is 41.3 Å². The summed E-state index contributed by atoms with van der Waals surface area (Å²) in [6, 6.07) is 4.75. The molecule has 0 bridgehead atoms. The van der Waals surface area contributed by atoms with E-state index >= 15 is 0 Å². The maximum absolute atomic E-state index is 11.1. The van der Waals surface area contributed by atoms with Gasteiger partial charge in [-0.3, -0.25) is 0 Å². The van der Waals surface area contributed by atoms with Gasteiger partial charge in [0, 0.05) is 0 Å². The van der Waals surface area contributed by atoms with Gasteiger partial charge in [-0.1, -0.05) is 29.3 Å². The molecule has 1 rings (SSSR count). The number of nitrogens with zero attached hydrogens (tertiary/aromatic N) is 1. The normalized spacial score (nSPS) is 14.2. The zero-order valence-corrected chi connectivity index (χ0v) is 10.00. The lowest BCUT2D eigenvalue weighted by atomic mass is 10.2. The molecule has 1 atom stereocenters. The fourth-order valence-electron chi connectivity index (χ4n) is 1.43. The van der Waals surface area contributed by atoms with E-state index in [1.807, 2.05) is 0 Å². The molecule has 0 radical (unpaired) electrons. The van der Waals surface area contributed by atoms with Gasteiger partial charge in [0.2, 0.25) is 0 Å². The Bertz CT molecular complexity index is 416. The van der Waals surface area contributed by atoms with Crippen LogP contribution >= 0.6 is 23.2 Å². The van der Waals surface area contributed by atoms with E-state index in [2.05, 4.69) is 0 Å². The Morgan fingerprint density at radius 2 is 1.94 bits per heavy atom. The van der Waals surface area contributed by atoms with Crippen LogP contribution in [0.3, 0.4) is 0 Å². The highest BCUT2D eigenvalue weighted by molar-refractivity contribution is 6.39. The Kier molecular flexibility index (Phi) is 3.91. The lowest BCUT2D eigenvalue weighted by Gasteiger charge is -2.26. The highest BCUT2D eigenvalue weighted by Gasteiger charge is 2.32. The van der Waals surface area contributed by atoms with Crippen molar-refractivity contribution in [2.24, 2.45) is 0 Å². The van der Waals surface area contributed by atoms with Gasteiger partial charge in [0.25, 0.3) is 0 Å². The summed E-state index contributed by atoms with van der Waals surface area (Å²) in [5.41, 5.74) is 0.295. The molecule has 0 fully saturated rings. The molecule has 0 saturated carbocycles. The second-order valence-corrected chi connectivity index (χ2v) is 4.31. The molecule has 1 aromatic carbocycles. The number of halogens is 2. The van der Waals surface area contributed by atoms with Crippen molar-refractivity contribution in [1.82, 2.24) is 4.48 Å². The summed E-state index contributed by atoms with van der Waals surface area (Å²) in [7, 11) is 1.44. The lowest BCUT2D eigenvalue weighted by molar-refractivity contribution is -0.139. The van der Waals surface area contributed by atoms with Gasteiger partial charge in [-0.05, 0) is 12.1 Å². The fraction of sp³-hybridized carbons (Fsp3) is 0.200. The van der Waals surface area contributed by atoms with E-state index in [4.69, 9.17) is 28.3 Å². The smallest absolute Gasteiger partial charge is 0.360 e. The van der Waals surface area contributed by atoms with Gasteiger partial charge in [-0.15, -0.1) is 0 Å². The number of carboxylic acids is 1. The zero-order chi connectivity index (χ0) is 12.3. The number of amides is 1. The summed E-state index contributed by atoms with van der Waals surface area (Å²) in [6.07, 6.45) is 0.501. The van der Waals surface area contributed by atoms with Gasteiger partial charge in [-0.2, -0.15) is 0 Å². The topological polar surface area (TPSA) is 54.4 Å². The zero-order valence-electron chi connectivity index (χ0n) is 8.48. The molecule has 86 valence electrons. The number of para-hydroxylation sites is 1. The number of carboxylic acid groups (broad SMARTS) is 1. The maximum Gasteiger partial charge on any atom is 0.360 e. The van der Waals surface area contributed by atoms with E-state index in [0.717, 1.165) is 0 Å². The molecule has 4 nitrogen and oxygen atoms in total. The summed E-state index contributed by atoms with van der Waals surface area (Å²) in [5.74, 6) is -1.11. The highest BCUT2D eigenvalue weighted by atomic mass is 35.5. The monoisotopic (exact) mass is 262 g/mol. The van der Waals surface area contributed by atoms with Gasteiger partial charge in [0.15, 0.2) is 12.2 Å². The van der Waals surface area contributed by atoms with E-state index in [9.17, 15) is 9.59 Å². The Morgan fingerprint density at radius 1 is 1.44 bits per heavy atom. The van der Waals surface area contributed by atoms with Crippen LogP contribution in [0, 0.1) is 0 Å². The number of hydrogen-bond donors (Lipinski definition) is 1. The molecule has 1 amide bonds. The van der Waals surface area contributed by atoms with E-state index in [1.54, 1.807) is 18.2 Å². The average Bonchev–Trinajstić information content (AvgIpc) is 2.16. The Balaban J connectivity index is 3.32. The van der Waals surface area contributed by atoms with Crippen LogP contribution in [0.5, 0.6) is 0 Å². The van der Waals surface area contributed by atoms with Crippen molar-refractivity contribution in [3.63, 3.8) is 0 Å². The molecular formula is C10H10Cl2NO3+. The van der Waals surface area contributed by atoms with Crippen LogP contribution in [0.25, 0.3) is 0 Å². The number of rotatable bonds is 4. The summed E-state index contributed by atoms with van der Waals surface area (Å²) in [6.45, 7) is -0.410. The van der Waals surface area contributed by atoms with Crippen LogP contribution in [0.2, 0.25) is 10.0 Å². The SMILES string of the molecule is C[N+](C=O)(CC(=O)O)c1c(Cl)cccc1Cl. The molecule has 0 aromatic heterocycles. The number of likely N-dealkylation sites (N-methyl/N-ethyl adjacent to an activating group) is 1. The summed E-state index contributed by atoms with van der Waals surface area (Å²) < 4.78 is -0.492.